The van der Waals surface area contributed by atoms with E-state index in [1.54, 1.807) is 33.8 Å². The van der Waals surface area contributed by atoms with E-state index in [0.29, 0.717) is 18.4 Å². The molecular weight excluding hydrogens is 442 g/mol. The molecule has 1 aromatic rings. The Kier molecular flexibility index (Phi) is 11.7. The molecule has 0 saturated heterocycles. The monoisotopic (exact) mass is 479 g/mol. The number of rotatable bonds is 12. The molecule has 0 aliphatic rings. The number of ether oxygens (including phenoxy) is 4. The molecule has 190 valence electrons. The van der Waals surface area contributed by atoms with Gasteiger partial charge in [-0.2, -0.15) is 0 Å². The normalized spacial score (nSPS) is 15.3. The Morgan fingerprint density at radius 3 is 1.79 bits per heavy atom. The zero-order chi connectivity index (χ0) is 26.0. The van der Waals surface area contributed by atoms with Gasteiger partial charge >= 0.3 is 23.9 Å². The minimum absolute atomic E-state index is 0.0804. The van der Waals surface area contributed by atoms with Gasteiger partial charge < -0.3 is 24.7 Å². The zero-order valence-corrected chi connectivity index (χ0v) is 21.1. The van der Waals surface area contributed by atoms with Crippen molar-refractivity contribution in [3.05, 3.63) is 23.8 Å². The number of hydrogen-bond donors (Lipinski definition) is 1. The van der Waals surface area contributed by atoms with Gasteiger partial charge in [-0.1, -0.05) is 33.8 Å². The third-order valence-electron chi connectivity index (χ3n) is 5.53. The second-order valence-electron chi connectivity index (χ2n) is 8.51. The molecule has 0 aromatic heterocycles. The van der Waals surface area contributed by atoms with E-state index in [2.05, 4.69) is 0 Å². The molecule has 0 fully saturated rings. The van der Waals surface area contributed by atoms with Gasteiger partial charge in [0.15, 0.2) is 11.5 Å². The highest BCUT2D eigenvalue weighted by Gasteiger charge is 2.25. The first kappa shape index (κ1) is 29.1. The van der Waals surface area contributed by atoms with Gasteiger partial charge in [0.2, 0.25) is 0 Å². The van der Waals surface area contributed by atoms with Crippen molar-refractivity contribution in [3.8, 4) is 11.5 Å². The molecule has 0 radical (unpaired) electrons. The van der Waals surface area contributed by atoms with Crippen LogP contribution in [0.2, 0.25) is 0 Å². The standard InChI is InChI=1S/C25H37NO8/c1-8-14(3)23(28)33-21-11-10-19(13-22(21)34-24(29)15(4)9-2)12-20(26)25(30)32-17(6)16(5)31-18(7)27/h10-11,13-17,20H,8-9,12,26H2,1-7H3/t14?,15?,16-,17-,20-/m0/s1. The first-order valence-electron chi connectivity index (χ1n) is 11.6. The Balaban J connectivity index is 3.02. The average Bonchev–Trinajstić information content (AvgIpc) is 2.78. The number of benzene rings is 1. The van der Waals surface area contributed by atoms with Crippen LogP contribution in [0.1, 0.15) is 66.9 Å². The first-order valence-corrected chi connectivity index (χ1v) is 11.6. The number of esters is 4. The average molecular weight is 480 g/mol. The number of carbonyl (C=O) groups is 4. The maximum absolute atomic E-state index is 12.4. The van der Waals surface area contributed by atoms with E-state index >= 15 is 0 Å². The molecule has 9 heteroatoms. The van der Waals surface area contributed by atoms with E-state index in [1.807, 2.05) is 13.8 Å². The molecule has 0 spiro atoms. The van der Waals surface area contributed by atoms with Crippen LogP contribution in [0, 0.1) is 11.8 Å². The van der Waals surface area contributed by atoms with Gasteiger partial charge in [0.1, 0.15) is 18.2 Å². The van der Waals surface area contributed by atoms with Gasteiger partial charge in [0, 0.05) is 6.92 Å². The van der Waals surface area contributed by atoms with Crippen LogP contribution in [0.3, 0.4) is 0 Å². The maximum atomic E-state index is 12.4. The smallest absolute Gasteiger partial charge is 0.323 e. The second kappa shape index (κ2) is 13.7. The lowest BCUT2D eigenvalue weighted by Crippen LogP contribution is -2.39. The molecule has 0 amide bonds. The van der Waals surface area contributed by atoms with E-state index in [0.717, 1.165) is 0 Å². The first-order chi connectivity index (χ1) is 15.9. The highest BCUT2D eigenvalue weighted by Crippen LogP contribution is 2.31. The third kappa shape index (κ3) is 9.13. The molecule has 0 saturated carbocycles. The van der Waals surface area contributed by atoms with Crippen molar-refractivity contribution in [1.29, 1.82) is 0 Å². The summed E-state index contributed by atoms with van der Waals surface area (Å²) in [5.41, 5.74) is 6.60. The summed E-state index contributed by atoms with van der Waals surface area (Å²) in [5, 5.41) is 0. The van der Waals surface area contributed by atoms with Crippen LogP contribution >= 0.6 is 0 Å². The van der Waals surface area contributed by atoms with Crippen molar-refractivity contribution in [2.45, 2.75) is 86.0 Å². The number of hydrogen-bond acceptors (Lipinski definition) is 9. The van der Waals surface area contributed by atoms with Gasteiger partial charge in [-0.25, -0.2) is 0 Å². The Labute approximate surface area is 201 Å². The van der Waals surface area contributed by atoms with Crippen molar-refractivity contribution in [2.75, 3.05) is 0 Å². The molecule has 0 heterocycles. The lowest BCUT2D eigenvalue weighted by molar-refractivity contribution is -0.164. The summed E-state index contributed by atoms with van der Waals surface area (Å²) in [4.78, 5) is 48.2. The summed E-state index contributed by atoms with van der Waals surface area (Å²) in [7, 11) is 0. The van der Waals surface area contributed by atoms with Gasteiger partial charge in [-0.15, -0.1) is 0 Å². The molecule has 1 aromatic carbocycles. The number of carbonyl (C=O) groups excluding carboxylic acids is 4. The van der Waals surface area contributed by atoms with Crippen LogP contribution in [0.25, 0.3) is 0 Å². The Bertz CT molecular complexity index is 868. The molecule has 5 atom stereocenters. The number of nitrogens with two attached hydrogens (primary N) is 1. The van der Waals surface area contributed by atoms with E-state index in [9.17, 15) is 19.2 Å². The summed E-state index contributed by atoms with van der Waals surface area (Å²) in [6.45, 7) is 11.7. The summed E-state index contributed by atoms with van der Waals surface area (Å²) in [6.07, 6.45) is -0.0384. The SMILES string of the molecule is CCC(C)C(=O)Oc1ccc(C[C@H](N)C(=O)O[C@@H](C)[C@H](C)OC(C)=O)cc1OC(=O)C(C)CC. The van der Waals surface area contributed by atoms with Gasteiger partial charge in [-0.3, -0.25) is 19.2 Å². The quantitative estimate of drug-likeness (QED) is 0.354. The molecule has 1 rings (SSSR count). The van der Waals surface area contributed by atoms with Crippen LogP contribution in [0.4, 0.5) is 0 Å². The van der Waals surface area contributed by atoms with Crippen molar-refractivity contribution in [2.24, 2.45) is 17.6 Å². The Morgan fingerprint density at radius 2 is 1.29 bits per heavy atom. The molecule has 0 aliphatic carbocycles. The van der Waals surface area contributed by atoms with Crippen molar-refractivity contribution >= 4 is 23.9 Å². The molecule has 34 heavy (non-hydrogen) atoms. The lowest BCUT2D eigenvalue weighted by atomic mass is 10.1. The van der Waals surface area contributed by atoms with Gasteiger partial charge in [-0.05, 0) is 50.8 Å². The fourth-order valence-electron chi connectivity index (χ4n) is 2.66. The van der Waals surface area contributed by atoms with Gasteiger partial charge in [0.05, 0.1) is 11.8 Å². The minimum atomic E-state index is -1.02. The van der Waals surface area contributed by atoms with Gasteiger partial charge in [0.25, 0.3) is 0 Å². The lowest BCUT2D eigenvalue weighted by Gasteiger charge is -2.22. The predicted octanol–water partition coefficient (Wildman–Crippen LogP) is 3.34. The van der Waals surface area contributed by atoms with Crippen LogP contribution in [0.5, 0.6) is 11.5 Å². The van der Waals surface area contributed by atoms with Crippen LogP contribution < -0.4 is 15.2 Å². The van der Waals surface area contributed by atoms with E-state index in [1.165, 1.54) is 19.1 Å². The Hall–Kier alpha value is -2.94. The summed E-state index contributed by atoms with van der Waals surface area (Å²) >= 11 is 0. The van der Waals surface area contributed by atoms with E-state index in [4.69, 9.17) is 24.7 Å². The van der Waals surface area contributed by atoms with E-state index in [-0.39, 0.29) is 29.8 Å². The van der Waals surface area contributed by atoms with Crippen LogP contribution in [-0.4, -0.2) is 42.1 Å². The van der Waals surface area contributed by atoms with E-state index < -0.39 is 42.1 Å². The second-order valence-corrected chi connectivity index (χ2v) is 8.51. The molecule has 0 aliphatic heterocycles. The van der Waals surface area contributed by atoms with Crippen LogP contribution in [-0.2, 0) is 35.1 Å². The molecular formula is C25H37NO8. The topological polar surface area (TPSA) is 131 Å². The molecule has 9 nitrogen and oxygen atoms in total. The molecule has 2 N–H and O–H groups in total. The Morgan fingerprint density at radius 1 is 0.794 bits per heavy atom. The highest BCUT2D eigenvalue weighted by molar-refractivity contribution is 5.79. The molecule has 0 bridgehead atoms. The van der Waals surface area contributed by atoms with Crippen molar-refractivity contribution in [1.82, 2.24) is 0 Å². The minimum Gasteiger partial charge on any atom is -0.459 e. The summed E-state index contributed by atoms with van der Waals surface area (Å²) in [6, 6.07) is 3.66. The summed E-state index contributed by atoms with van der Waals surface area (Å²) < 4.78 is 21.3. The fourth-order valence-corrected chi connectivity index (χ4v) is 2.66. The maximum Gasteiger partial charge on any atom is 0.323 e. The third-order valence-corrected chi connectivity index (χ3v) is 5.53. The largest absolute Gasteiger partial charge is 0.459 e. The highest BCUT2D eigenvalue weighted by atomic mass is 16.6. The fraction of sp³-hybridized carbons (Fsp3) is 0.600. The zero-order valence-electron chi connectivity index (χ0n) is 21.1. The molecule has 2 unspecified atom stereocenters. The van der Waals surface area contributed by atoms with Crippen molar-refractivity contribution < 1.29 is 38.1 Å². The summed E-state index contributed by atoms with van der Waals surface area (Å²) in [5.74, 6) is -2.52. The predicted molar refractivity (Wildman–Crippen MR) is 125 cm³/mol. The van der Waals surface area contributed by atoms with Crippen LogP contribution in [0.15, 0.2) is 18.2 Å². The van der Waals surface area contributed by atoms with Crippen molar-refractivity contribution in [3.63, 3.8) is 0 Å².